The Kier molecular flexibility index (Phi) is 15.7. The quantitative estimate of drug-likeness (QED) is 0.393. The molecule has 0 rings (SSSR count). The summed E-state index contributed by atoms with van der Waals surface area (Å²) in [6.45, 7) is 4.54. The summed E-state index contributed by atoms with van der Waals surface area (Å²) in [5.74, 6) is 4.63. The highest BCUT2D eigenvalue weighted by atomic mass is 32.2. The molecule has 0 bridgehead atoms. The van der Waals surface area contributed by atoms with Crippen LogP contribution in [-0.2, 0) is 0 Å². The molecular weight excluding hydrogens is 226 g/mol. The maximum Gasteiger partial charge on any atom is 0.0545 e. The number of unbranched alkanes of at least 4 members (excludes halogenated alkanes) is 7. The van der Waals surface area contributed by atoms with Crippen molar-refractivity contribution in [2.75, 3.05) is 24.6 Å². The van der Waals surface area contributed by atoms with E-state index < -0.39 is 0 Å². The van der Waals surface area contributed by atoms with Crippen LogP contribution in [0, 0.1) is 12.3 Å². The van der Waals surface area contributed by atoms with E-state index in [0.29, 0.717) is 0 Å². The zero-order chi connectivity index (χ0) is 12.6. The summed E-state index contributed by atoms with van der Waals surface area (Å²) in [7, 11) is 0. The Morgan fingerprint density at radius 3 is 2.24 bits per heavy atom. The van der Waals surface area contributed by atoms with Gasteiger partial charge in [-0.1, -0.05) is 57.8 Å². The van der Waals surface area contributed by atoms with Gasteiger partial charge in [-0.05, 0) is 13.0 Å². The van der Waals surface area contributed by atoms with E-state index in [9.17, 15) is 0 Å². The van der Waals surface area contributed by atoms with Crippen LogP contribution in [0.3, 0.4) is 0 Å². The predicted molar refractivity (Wildman–Crippen MR) is 81.6 cm³/mol. The molecule has 0 saturated heterocycles. The van der Waals surface area contributed by atoms with Crippen molar-refractivity contribution in [1.29, 1.82) is 0 Å². The first-order valence-corrected chi connectivity index (χ1v) is 8.29. The second-order valence-corrected chi connectivity index (χ2v) is 5.59. The molecule has 1 N–H and O–H groups in total. The molecule has 1 nitrogen and oxygen atoms in total. The van der Waals surface area contributed by atoms with Gasteiger partial charge in [0.15, 0.2) is 0 Å². The number of terminal acetylenes is 1. The molecule has 0 radical (unpaired) electrons. The minimum Gasteiger partial charge on any atom is -0.316 e. The molecule has 17 heavy (non-hydrogen) atoms. The minimum absolute atomic E-state index is 0.847. The van der Waals surface area contributed by atoms with E-state index in [1.54, 1.807) is 0 Å². The van der Waals surface area contributed by atoms with Gasteiger partial charge < -0.3 is 5.32 Å². The van der Waals surface area contributed by atoms with Gasteiger partial charge >= 0.3 is 0 Å². The van der Waals surface area contributed by atoms with Crippen molar-refractivity contribution in [3.63, 3.8) is 0 Å². The van der Waals surface area contributed by atoms with Crippen LogP contribution in [0.5, 0.6) is 0 Å². The van der Waals surface area contributed by atoms with E-state index >= 15 is 0 Å². The first-order valence-electron chi connectivity index (χ1n) is 7.13. The van der Waals surface area contributed by atoms with Crippen LogP contribution in [0.25, 0.3) is 0 Å². The Morgan fingerprint density at radius 2 is 1.59 bits per heavy atom. The van der Waals surface area contributed by atoms with Crippen molar-refractivity contribution in [2.45, 2.75) is 58.3 Å². The third kappa shape index (κ3) is 15.9. The second-order valence-electron chi connectivity index (χ2n) is 4.48. The predicted octanol–water partition coefficient (Wildman–Crippen LogP) is 4.08. The lowest BCUT2D eigenvalue weighted by atomic mass is 10.1. The van der Waals surface area contributed by atoms with Gasteiger partial charge in [-0.3, -0.25) is 0 Å². The lowest BCUT2D eigenvalue weighted by molar-refractivity contribution is 0.560. The van der Waals surface area contributed by atoms with Gasteiger partial charge in [0.1, 0.15) is 0 Å². The van der Waals surface area contributed by atoms with E-state index in [1.165, 1.54) is 57.9 Å². The van der Waals surface area contributed by atoms with Gasteiger partial charge in [0, 0.05) is 12.3 Å². The summed E-state index contributed by atoms with van der Waals surface area (Å²) >= 11 is 1.83. The van der Waals surface area contributed by atoms with Crippen molar-refractivity contribution in [3.8, 4) is 12.3 Å². The molecule has 0 amide bonds. The zero-order valence-corrected chi connectivity index (χ0v) is 12.3. The molecule has 0 aliphatic heterocycles. The third-order valence-corrected chi connectivity index (χ3v) is 3.68. The van der Waals surface area contributed by atoms with Crippen LogP contribution in [0.4, 0.5) is 0 Å². The van der Waals surface area contributed by atoms with Crippen molar-refractivity contribution < 1.29 is 0 Å². The summed E-state index contributed by atoms with van der Waals surface area (Å²) in [4.78, 5) is 0. The molecule has 0 aromatic heterocycles. The number of hydrogen-bond acceptors (Lipinski definition) is 2. The maximum atomic E-state index is 5.18. The maximum absolute atomic E-state index is 5.18. The summed E-state index contributed by atoms with van der Waals surface area (Å²) in [5, 5.41) is 3.47. The Bertz CT molecular complexity index is 174. The normalized spacial score (nSPS) is 10.4. The van der Waals surface area contributed by atoms with Crippen molar-refractivity contribution in [3.05, 3.63) is 0 Å². The van der Waals surface area contributed by atoms with E-state index in [1.807, 2.05) is 11.8 Å². The standard InChI is InChI=1S/C15H29NS/c1-3-5-6-7-8-9-10-11-12-16-13-15-17-14-4-2/h2,16H,3,5-15H2,1H3. The van der Waals surface area contributed by atoms with E-state index in [4.69, 9.17) is 6.42 Å². The molecule has 0 atom stereocenters. The van der Waals surface area contributed by atoms with E-state index in [0.717, 1.165) is 18.1 Å². The number of thioether (sulfide) groups is 1. The summed E-state index contributed by atoms with van der Waals surface area (Å²) in [6.07, 6.45) is 16.4. The van der Waals surface area contributed by atoms with Gasteiger partial charge in [0.25, 0.3) is 0 Å². The molecule has 100 valence electrons. The molecular formula is C15H29NS. The molecule has 0 aliphatic carbocycles. The Labute approximate surface area is 113 Å². The van der Waals surface area contributed by atoms with Crippen LogP contribution in [0.15, 0.2) is 0 Å². The molecule has 0 saturated carbocycles. The Balaban J connectivity index is 2.87. The van der Waals surface area contributed by atoms with E-state index in [2.05, 4.69) is 18.2 Å². The second kappa shape index (κ2) is 15.9. The molecule has 2 heteroatoms. The monoisotopic (exact) mass is 255 g/mol. The fourth-order valence-corrected chi connectivity index (χ4v) is 2.34. The fraction of sp³-hybridized carbons (Fsp3) is 0.867. The van der Waals surface area contributed by atoms with Crippen LogP contribution in [-0.4, -0.2) is 24.6 Å². The SMILES string of the molecule is C#CCSCCNCCCCCCCCCC. The van der Waals surface area contributed by atoms with Crippen molar-refractivity contribution in [2.24, 2.45) is 0 Å². The Hall–Kier alpha value is -0.130. The number of nitrogens with one attached hydrogen (secondary N) is 1. The van der Waals surface area contributed by atoms with Gasteiger partial charge in [0.2, 0.25) is 0 Å². The molecule has 0 spiro atoms. The van der Waals surface area contributed by atoms with E-state index in [-0.39, 0.29) is 0 Å². The van der Waals surface area contributed by atoms with Gasteiger partial charge in [0.05, 0.1) is 5.75 Å². The first-order chi connectivity index (χ1) is 8.41. The molecule has 0 aliphatic rings. The average molecular weight is 255 g/mol. The average Bonchev–Trinajstić information content (AvgIpc) is 2.35. The Morgan fingerprint density at radius 1 is 0.941 bits per heavy atom. The topological polar surface area (TPSA) is 12.0 Å². The fourth-order valence-electron chi connectivity index (χ4n) is 1.78. The molecule has 0 fully saturated rings. The van der Waals surface area contributed by atoms with Gasteiger partial charge in [-0.2, -0.15) is 0 Å². The zero-order valence-electron chi connectivity index (χ0n) is 11.5. The van der Waals surface area contributed by atoms with Crippen LogP contribution in [0.2, 0.25) is 0 Å². The third-order valence-electron chi connectivity index (χ3n) is 2.82. The smallest absolute Gasteiger partial charge is 0.0545 e. The summed E-state index contributed by atoms with van der Waals surface area (Å²) in [6, 6.07) is 0. The summed E-state index contributed by atoms with van der Waals surface area (Å²) < 4.78 is 0. The molecule has 0 unspecified atom stereocenters. The van der Waals surface area contributed by atoms with Crippen LogP contribution in [0.1, 0.15) is 58.3 Å². The highest BCUT2D eigenvalue weighted by molar-refractivity contribution is 7.99. The lowest BCUT2D eigenvalue weighted by Crippen LogP contribution is -2.18. The van der Waals surface area contributed by atoms with Gasteiger partial charge in [-0.25, -0.2) is 0 Å². The number of hydrogen-bond donors (Lipinski definition) is 1. The minimum atomic E-state index is 0.847. The molecule has 0 heterocycles. The van der Waals surface area contributed by atoms with Crippen LogP contribution >= 0.6 is 11.8 Å². The number of rotatable bonds is 13. The molecule has 0 aromatic carbocycles. The molecule has 0 aromatic rings. The van der Waals surface area contributed by atoms with Crippen molar-refractivity contribution >= 4 is 11.8 Å². The lowest BCUT2D eigenvalue weighted by Gasteiger charge is -2.04. The van der Waals surface area contributed by atoms with Crippen LogP contribution < -0.4 is 5.32 Å². The highest BCUT2D eigenvalue weighted by Gasteiger charge is 1.92. The first kappa shape index (κ1) is 16.9. The largest absolute Gasteiger partial charge is 0.316 e. The van der Waals surface area contributed by atoms with Crippen molar-refractivity contribution in [1.82, 2.24) is 5.32 Å². The summed E-state index contributed by atoms with van der Waals surface area (Å²) in [5.41, 5.74) is 0. The van der Waals surface area contributed by atoms with Gasteiger partial charge in [-0.15, -0.1) is 18.2 Å². The highest BCUT2D eigenvalue weighted by Crippen LogP contribution is 2.07.